The van der Waals surface area contributed by atoms with Crippen LogP contribution in [0.2, 0.25) is 0 Å². The molecule has 0 radical (unpaired) electrons. The molecule has 122 valence electrons. The Morgan fingerprint density at radius 3 is 2.57 bits per heavy atom. The summed E-state index contributed by atoms with van der Waals surface area (Å²) >= 11 is 0. The van der Waals surface area contributed by atoms with E-state index >= 15 is 0 Å². The van der Waals surface area contributed by atoms with Gasteiger partial charge in [-0.15, -0.1) is 0 Å². The number of unbranched alkanes of at least 4 members (excludes halogenated alkanes) is 1. The van der Waals surface area contributed by atoms with Crippen molar-refractivity contribution in [2.45, 2.75) is 50.8 Å². The summed E-state index contributed by atoms with van der Waals surface area (Å²) in [5.41, 5.74) is -0.0502. The molecule has 0 bridgehead atoms. The molecule has 0 amide bonds. The zero-order valence-electron chi connectivity index (χ0n) is 13.2. The fourth-order valence-electron chi connectivity index (χ4n) is 1.60. The monoisotopic (exact) mass is 318 g/mol. The molecule has 0 aliphatic heterocycles. The van der Waals surface area contributed by atoms with E-state index in [1.54, 1.807) is 13.2 Å². The Hall–Kier alpha value is -0.890. The second kappa shape index (κ2) is 7.93. The van der Waals surface area contributed by atoms with Crippen molar-refractivity contribution in [2.75, 3.05) is 20.3 Å². The summed E-state index contributed by atoms with van der Waals surface area (Å²) in [7, 11) is -1.94. The molecule has 1 heterocycles. The number of ether oxygens (including phenoxy) is 1. The lowest BCUT2D eigenvalue weighted by Crippen LogP contribution is -2.34. The Bertz CT molecular complexity index is 517. The summed E-state index contributed by atoms with van der Waals surface area (Å²) in [5, 5.41) is 3.20. The lowest BCUT2D eigenvalue weighted by atomic mass is 10.1. The van der Waals surface area contributed by atoms with Crippen molar-refractivity contribution >= 4 is 10.0 Å². The van der Waals surface area contributed by atoms with E-state index in [1.165, 1.54) is 6.07 Å². The highest BCUT2D eigenvalue weighted by Gasteiger charge is 2.18. The maximum Gasteiger partial charge on any atom is 0.273 e. The first-order chi connectivity index (χ1) is 9.74. The van der Waals surface area contributed by atoms with E-state index in [2.05, 4.69) is 10.0 Å². The van der Waals surface area contributed by atoms with E-state index in [1.807, 2.05) is 20.8 Å². The first-order valence-corrected chi connectivity index (χ1v) is 8.55. The Labute approximate surface area is 127 Å². The van der Waals surface area contributed by atoms with Gasteiger partial charge in [-0.3, -0.25) is 0 Å². The third kappa shape index (κ3) is 7.08. The summed E-state index contributed by atoms with van der Waals surface area (Å²) in [5.74, 6) is 0.602. The number of hydrogen-bond acceptors (Lipinski definition) is 5. The molecule has 1 rings (SSSR count). The van der Waals surface area contributed by atoms with Gasteiger partial charge in [0.15, 0.2) is 0 Å². The summed E-state index contributed by atoms with van der Waals surface area (Å²) in [6, 6.07) is 3.16. The third-order valence-electron chi connectivity index (χ3n) is 2.76. The number of rotatable bonds is 9. The minimum atomic E-state index is -3.57. The number of hydrogen-bond donors (Lipinski definition) is 2. The maximum absolute atomic E-state index is 12.0. The third-order valence-corrected chi connectivity index (χ3v) is 4.10. The van der Waals surface area contributed by atoms with Crippen LogP contribution in [0.25, 0.3) is 0 Å². The molecule has 0 saturated heterocycles. The van der Waals surface area contributed by atoms with Crippen LogP contribution in [0.15, 0.2) is 21.6 Å². The van der Waals surface area contributed by atoms with Crippen molar-refractivity contribution in [3.63, 3.8) is 0 Å². The molecule has 6 nitrogen and oxygen atoms in total. The van der Waals surface area contributed by atoms with Gasteiger partial charge < -0.3 is 14.5 Å². The van der Waals surface area contributed by atoms with Gasteiger partial charge in [-0.25, -0.2) is 13.1 Å². The van der Waals surface area contributed by atoms with Crippen LogP contribution < -0.4 is 10.0 Å². The van der Waals surface area contributed by atoms with Crippen molar-refractivity contribution in [3.05, 3.63) is 17.9 Å². The van der Waals surface area contributed by atoms with Crippen LogP contribution in [0.5, 0.6) is 0 Å². The quantitative estimate of drug-likeness (QED) is 0.679. The molecule has 0 fully saturated rings. The van der Waals surface area contributed by atoms with Crippen molar-refractivity contribution in [2.24, 2.45) is 0 Å². The number of methoxy groups -OCH3 is 1. The Kier molecular flexibility index (Phi) is 6.86. The van der Waals surface area contributed by atoms with Gasteiger partial charge in [0.25, 0.3) is 10.0 Å². The summed E-state index contributed by atoms with van der Waals surface area (Å²) in [6.45, 7) is 7.61. The molecule has 1 aromatic rings. The second-order valence-corrected chi connectivity index (χ2v) is 7.62. The fraction of sp³-hybridized carbons (Fsp3) is 0.714. The van der Waals surface area contributed by atoms with Crippen LogP contribution in [0.4, 0.5) is 0 Å². The van der Waals surface area contributed by atoms with Gasteiger partial charge in [-0.2, -0.15) is 0 Å². The average molecular weight is 318 g/mol. The first kappa shape index (κ1) is 18.2. The maximum atomic E-state index is 12.0. The second-order valence-electron chi connectivity index (χ2n) is 5.92. The smallest absolute Gasteiger partial charge is 0.273 e. The molecule has 0 spiro atoms. The molecule has 0 aliphatic carbocycles. The van der Waals surface area contributed by atoms with Gasteiger partial charge in [0.05, 0.1) is 6.54 Å². The Balaban J connectivity index is 2.50. The molecule has 7 heteroatoms. The van der Waals surface area contributed by atoms with Crippen molar-refractivity contribution < 1.29 is 17.6 Å². The molecule has 2 N–H and O–H groups in total. The SMILES string of the molecule is COCCCCNS(=O)(=O)c1ccc(CNC(C)(C)C)o1. The van der Waals surface area contributed by atoms with E-state index in [4.69, 9.17) is 9.15 Å². The standard InChI is InChI=1S/C14H26N2O4S/c1-14(2,3)15-11-12-7-8-13(20-12)21(17,18)16-9-5-6-10-19-4/h7-8,15-16H,5-6,9-11H2,1-4H3. The van der Waals surface area contributed by atoms with Gasteiger partial charge in [0.2, 0.25) is 5.09 Å². The van der Waals surface area contributed by atoms with Gasteiger partial charge in [-0.05, 0) is 45.7 Å². The molecular weight excluding hydrogens is 292 g/mol. The lowest BCUT2D eigenvalue weighted by Gasteiger charge is -2.19. The van der Waals surface area contributed by atoms with E-state index in [0.29, 0.717) is 25.5 Å². The van der Waals surface area contributed by atoms with Crippen LogP contribution in [-0.4, -0.2) is 34.2 Å². The Morgan fingerprint density at radius 1 is 1.24 bits per heavy atom. The highest BCUT2D eigenvalue weighted by Crippen LogP contribution is 2.14. The molecule has 1 aromatic heterocycles. The zero-order valence-corrected chi connectivity index (χ0v) is 14.0. The normalized spacial score (nSPS) is 12.8. The molecule has 0 saturated carbocycles. The van der Waals surface area contributed by atoms with Crippen molar-refractivity contribution in [1.29, 1.82) is 0 Å². The van der Waals surface area contributed by atoms with Crippen molar-refractivity contribution in [3.8, 4) is 0 Å². The average Bonchev–Trinajstić information content (AvgIpc) is 2.85. The molecular formula is C14H26N2O4S. The lowest BCUT2D eigenvalue weighted by molar-refractivity contribution is 0.193. The summed E-state index contributed by atoms with van der Waals surface area (Å²) < 4.78 is 36.9. The van der Waals surface area contributed by atoms with Gasteiger partial charge in [0, 0.05) is 25.8 Å². The largest absolute Gasteiger partial charge is 0.447 e. The van der Waals surface area contributed by atoms with Crippen LogP contribution in [0.1, 0.15) is 39.4 Å². The topological polar surface area (TPSA) is 80.6 Å². The van der Waals surface area contributed by atoms with Crippen LogP contribution >= 0.6 is 0 Å². The fourth-order valence-corrected chi connectivity index (χ4v) is 2.62. The number of sulfonamides is 1. The number of nitrogens with one attached hydrogen (secondary N) is 2. The van der Waals surface area contributed by atoms with Crippen LogP contribution in [0, 0.1) is 0 Å². The highest BCUT2D eigenvalue weighted by atomic mass is 32.2. The summed E-state index contributed by atoms with van der Waals surface area (Å²) in [6.07, 6.45) is 1.55. The van der Waals surface area contributed by atoms with Gasteiger partial charge >= 0.3 is 0 Å². The molecule has 21 heavy (non-hydrogen) atoms. The van der Waals surface area contributed by atoms with Gasteiger partial charge in [0.1, 0.15) is 5.76 Å². The first-order valence-electron chi connectivity index (χ1n) is 7.07. The van der Waals surface area contributed by atoms with Crippen LogP contribution in [0.3, 0.4) is 0 Å². The van der Waals surface area contributed by atoms with E-state index in [0.717, 1.165) is 12.8 Å². The van der Waals surface area contributed by atoms with Gasteiger partial charge in [-0.1, -0.05) is 0 Å². The molecule has 0 aromatic carbocycles. The van der Waals surface area contributed by atoms with E-state index < -0.39 is 10.0 Å². The molecule has 0 unspecified atom stereocenters. The number of furan rings is 1. The molecule has 0 aliphatic rings. The molecule has 0 atom stereocenters. The summed E-state index contributed by atoms with van der Waals surface area (Å²) in [4.78, 5) is 0. The Morgan fingerprint density at radius 2 is 1.95 bits per heavy atom. The highest BCUT2D eigenvalue weighted by molar-refractivity contribution is 7.89. The van der Waals surface area contributed by atoms with E-state index in [9.17, 15) is 8.42 Å². The predicted octanol–water partition coefficient (Wildman–Crippen LogP) is 1.87. The van der Waals surface area contributed by atoms with Crippen LogP contribution in [-0.2, 0) is 21.3 Å². The van der Waals surface area contributed by atoms with Crippen molar-refractivity contribution in [1.82, 2.24) is 10.0 Å². The minimum absolute atomic E-state index is 0.0417. The minimum Gasteiger partial charge on any atom is -0.447 e. The predicted molar refractivity (Wildman–Crippen MR) is 81.6 cm³/mol. The van der Waals surface area contributed by atoms with E-state index in [-0.39, 0.29) is 10.6 Å². The zero-order chi connectivity index (χ0) is 15.9.